The summed E-state index contributed by atoms with van der Waals surface area (Å²) >= 11 is 0. The third kappa shape index (κ3) is 4.33. The van der Waals surface area contributed by atoms with Crippen molar-refractivity contribution in [3.8, 4) is 11.3 Å². The normalized spacial score (nSPS) is 15.0. The zero-order valence-corrected chi connectivity index (χ0v) is 17.5. The standard InChI is InChI=1S/C25H22N2O4/c1-16(2)30-25(29)19-9-11-20(12-10-19)27-24(28)22(17(3)26-27)15-21-13-14-23(31-21)18-7-5-4-6-8-18/h4-16H,1-3H3/b22-15+. The summed E-state index contributed by atoms with van der Waals surface area (Å²) in [6.07, 6.45) is 1.50. The molecule has 31 heavy (non-hydrogen) atoms. The van der Waals surface area contributed by atoms with Gasteiger partial charge in [0.2, 0.25) is 0 Å². The van der Waals surface area contributed by atoms with Crippen LogP contribution in [0.25, 0.3) is 17.4 Å². The fourth-order valence-electron chi connectivity index (χ4n) is 3.21. The predicted molar refractivity (Wildman–Crippen MR) is 120 cm³/mol. The van der Waals surface area contributed by atoms with Crippen molar-refractivity contribution in [3.05, 3.63) is 83.6 Å². The number of nitrogens with zero attached hydrogens (tertiary/aromatic N) is 2. The predicted octanol–water partition coefficient (Wildman–Crippen LogP) is 5.32. The number of amides is 1. The van der Waals surface area contributed by atoms with Gasteiger partial charge in [-0.2, -0.15) is 10.1 Å². The van der Waals surface area contributed by atoms with Crippen molar-refractivity contribution in [2.75, 3.05) is 5.01 Å². The Hall–Kier alpha value is -3.93. The summed E-state index contributed by atoms with van der Waals surface area (Å²) in [6.45, 7) is 5.36. The lowest BCUT2D eigenvalue weighted by Crippen LogP contribution is -2.21. The highest BCUT2D eigenvalue weighted by atomic mass is 16.5. The van der Waals surface area contributed by atoms with E-state index in [0.717, 1.165) is 11.3 Å². The van der Waals surface area contributed by atoms with E-state index in [4.69, 9.17) is 9.15 Å². The van der Waals surface area contributed by atoms with Crippen LogP contribution in [0.2, 0.25) is 0 Å². The van der Waals surface area contributed by atoms with Gasteiger partial charge in [0.05, 0.1) is 28.6 Å². The number of hydrogen-bond acceptors (Lipinski definition) is 5. The second kappa shape index (κ2) is 8.44. The first-order chi connectivity index (χ1) is 14.9. The highest BCUT2D eigenvalue weighted by Gasteiger charge is 2.29. The minimum atomic E-state index is -0.401. The molecule has 0 saturated carbocycles. The largest absolute Gasteiger partial charge is 0.459 e. The molecule has 1 amide bonds. The Bertz CT molecular complexity index is 1170. The molecule has 0 saturated heterocycles. The summed E-state index contributed by atoms with van der Waals surface area (Å²) in [5.41, 5.74) is 3.00. The number of benzene rings is 2. The number of hydrazone groups is 1. The van der Waals surface area contributed by atoms with Gasteiger partial charge >= 0.3 is 5.97 Å². The SMILES string of the molecule is CC1=NN(c2ccc(C(=O)OC(C)C)cc2)C(=O)/C1=C/c1ccc(-c2ccccc2)o1. The van der Waals surface area contributed by atoms with Crippen molar-refractivity contribution >= 4 is 29.4 Å². The number of esters is 1. The zero-order valence-electron chi connectivity index (χ0n) is 17.5. The number of furan rings is 1. The number of hydrogen-bond donors (Lipinski definition) is 0. The molecule has 0 radical (unpaired) electrons. The van der Waals surface area contributed by atoms with Gasteiger partial charge in [0, 0.05) is 5.56 Å². The molecule has 156 valence electrons. The van der Waals surface area contributed by atoms with Gasteiger partial charge < -0.3 is 9.15 Å². The molecule has 3 aromatic rings. The van der Waals surface area contributed by atoms with E-state index in [0.29, 0.717) is 28.3 Å². The number of ether oxygens (including phenoxy) is 1. The molecule has 4 rings (SSSR count). The Kier molecular flexibility index (Phi) is 5.54. The van der Waals surface area contributed by atoms with Gasteiger partial charge in [-0.25, -0.2) is 4.79 Å². The van der Waals surface area contributed by atoms with E-state index in [-0.39, 0.29) is 12.0 Å². The minimum Gasteiger partial charge on any atom is -0.459 e. The fraction of sp³-hybridized carbons (Fsp3) is 0.160. The van der Waals surface area contributed by atoms with Gasteiger partial charge in [-0.15, -0.1) is 0 Å². The van der Waals surface area contributed by atoms with Crippen molar-refractivity contribution < 1.29 is 18.7 Å². The molecule has 0 unspecified atom stereocenters. The third-order valence-electron chi connectivity index (χ3n) is 4.72. The van der Waals surface area contributed by atoms with Crippen LogP contribution < -0.4 is 5.01 Å². The Labute approximate surface area is 180 Å². The van der Waals surface area contributed by atoms with Crippen molar-refractivity contribution in [3.63, 3.8) is 0 Å². The zero-order chi connectivity index (χ0) is 22.0. The van der Waals surface area contributed by atoms with E-state index in [1.807, 2.05) is 42.5 Å². The van der Waals surface area contributed by atoms with Crippen molar-refractivity contribution in [1.29, 1.82) is 0 Å². The quantitative estimate of drug-likeness (QED) is 0.419. The van der Waals surface area contributed by atoms with Gasteiger partial charge in [0.15, 0.2) is 0 Å². The van der Waals surface area contributed by atoms with Crippen molar-refractivity contribution in [2.24, 2.45) is 5.10 Å². The molecule has 0 N–H and O–H groups in total. The van der Waals surface area contributed by atoms with Crippen LogP contribution in [0.5, 0.6) is 0 Å². The second-order valence-electron chi connectivity index (χ2n) is 7.43. The lowest BCUT2D eigenvalue weighted by molar-refractivity contribution is -0.114. The number of carbonyl (C=O) groups excluding carboxylic acids is 2. The van der Waals surface area contributed by atoms with E-state index in [1.165, 1.54) is 5.01 Å². The van der Waals surface area contributed by atoms with Crippen LogP contribution in [0.3, 0.4) is 0 Å². The van der Waals surface area contributed by atoms with Gasteiger partial charge in [-0.1, -0.05) is 30.3 Å². The molecular formula is C25H22N2O4. The summed E-state index contributed by atoms with van der Waals surface area (Å²) in [5.74, 6) is 0.646. The topological polar surface area (TPSA) is 72.1 Å². The van der Waals surface area contributed by atoms with E-state index < -0.39 is 5.97 Å². The van der Waals surface area contributed by atoms with Gasteiger partial charge in [-0.3, -0.25) is 4.79 Å². The van der Waals surface area contributed by atoms with Crippen molar-refractivity contribution in [1.82, 2.24) is 0 Å². The summed E-state index contributed by atoms with van der Waals surface area (Å²) < 4.78 is 11.1. The minimum absolute atomic E-state index is 0.198. The molecule has 0 aliphatic carbocycles. The maximum atomic E-state index is 13.0. The van der Waals surface area contributed by atoms with Crippen LogP contribution in [0, 0.1) is 0 Å². The Morgan fingerprint density at radius 3 is 2.42 bits per heavy atom. The third-order valence-corrected chi connectivity index (χ3v) is 4.72. The van der Waals surface area contributed by atoms with Crippen LogP contribution in [0.4, 0.5) is 5.69 Å². The summed E-state index contributed by atoms with van der Waals surface area (Å²) in [6, 6.07) is 20.1. The highest BCUT2D eigenvalue weighted by molar-refractivity contribution is 6.32. The van der Waals surface area contributed by atoms with Crippen LogP contribution >= 0.6 is 0 Å². The molecule has 0 bridgehead atoms. The van der Waals surface area contributed by atoms with Crippen LogP contribution in [-0.2, 0) is 9.53 Å². The van der Waals surface area contributed by atoms with E-state index in [1.54, 1.807) is 51.1 Å². The lowest BCUT2D eigenvalue weighted by Gasteiger charge is -2.13. The highest BCUT2D eigenvalue weighted by Crippen LogP contribution is 2.27. The molecule has 1 aromatic heterocycles. The van der Waals surface area contributed by atoms with E-state index in [2.05, 4.69) is 5.10 Å². The maximum absolute atomic E-state index is 13.0. The first-order valence-corrected chi connectivity index (χ1v) is 10.0. The molecule has 2 aromatic carbocycles. The molecule has 1 aliphatic heterocycles. The van der Waals surface area contributed by atoms with Crippen LogP contribution in [-0.4, -0.2) is 23.7 Å². The first-order valence-electron chi connectivity index (χ1n) is 10.0. The first kappa shape index (κ1) is 20.3. The second-order valence-corrected chi connectivity index (χ2v) is 7.43. The number of anilines is 1. The van der Waals surface area contributed by atoms with E-state index in [9.17, 15) is 9.59 Å². The number of carbonyl (C=O) groups is 2. The molecular weight excluding hydrogens is 392 g/mol. The van der Waals surface area contributed by atoms with Gasteiger partial charge in [0.1, 0.15) is 11.5 Å². The van der Waals surface area contributed by atoms with Gasteiger partial charge in [-0.05, 0) is 63.2 Å². The monoisotopic (exact) mass is 414 g/mol. The molecule has 6 heteroatoms. The molecule has 6 nitrogen and oxygen atoms in total. The molecule has 0 spiro atoms. The summed E-state index contributed by atoms with van der Waals surface area (Å²) in [4.78, 5) is 25.0. The summed E-state index contributed by atoms with van der Waals surface area (Å²) in [5, 5.41) is 5.70. The molecule has 0 fully saturated rings. The van der Waals surface area contributed by atoms with Crippen LogP contribution in [0.15, 0.2) is 81.8 Å². The van der Waals surface area contributed by atoms with E-state index >= 15 is 0 Å². The molecule has 0 atom stereocenters. The molecule has 1 aliphatic rings. The number of rotatable bonds is 5. The average Bonchev–Trinajstić information content (AvgIpc) is 3.34. The van der Waals surface area contributed by atoms with Crippen LogP contribution in [0.1, 0.15) is 36.9 Å². The lowest BCUT2D eigenvalue weighted by atomic mass is 10.1. The molecule has 2 heterocycles. The summed E-state index contributed by atoms with van der Waals surface area (Å²) in [7, 11) is 0. The fourth-order valence-corrected chi connectivity index (χ4v) is 3.21. The smallest absolute Gasteiger partial charge is 0.338 e. The van der Waals surface area contributed by atoms with Gasteiger partial charge in [0.25, 0.3) is 5.91 Å². The Morgan fingerprint density at radius 1 is 1.03 bits per heavy atom. The Morgan fingerprint density at radius 2 is 1.74 bits per heavy atom. The average molecular weight is 414 g/mol. The maximum Gasteiger partial charge on any atom is 0.338 e. The van der Waals surface area contributed by atoms with Crippen molar-refractivity contribution in [2.45, 2.75) is 26.9 Å². The Balaban J connectivity index is 1.53.